The highest BCUT2D eigenvalue weighted by atomic mass is 35.5. The second-order valence-corrected chi connectivity index (χ2v) is 5.99. The maximum Gasteiger partial charge on any atom is 0.226 e. The third-order valence-electron chi connectivity index (χ3n) is 4.13. The molecule has 1 aliphatic heterocycles. The monoisotopic (exact) mass is 326 g/mol. The lowest BCUT2D eigenvalue weighted by Crippen LogP contribution is -2.57. The summed E-state index contributed by atoms with van der Waals surface area (Å²) < 4.78 is 5.73. The van der Waals surface area contributed by atoms with Gasteiger partial charge in [0.25, 0.3) is 0 Å². The summed E-state index contributed by atoms with van der Waals surface area (Å²) in [7, 11) is 0. The third kappa shape index (κ3) is 4.89. The van der Waals surface area contributed by atoms with E-state index in [0.29, 0.717) is 19.1 Å². The van der Waals surface area contributed by atoms with E-state index in [1.54, 1.807) is 0 Å². The van der Waals surface area contributed by atoms with Gasteiger partial charge in [-0.1, -0.05) is 6.07 Å². The van der Waals surface area contributed by atoms with Crippen molar-refractivity contribution >= 4 is 18.3 Å². The van der Waals surface area contributed by atoms with Crippen molar-refractivity contribution in [2.75, 3.05) is 19.7 Å². The lowest BCUT2D eigenvalue weighted by molar-refractivity contribution is -0.135. The van der Waals surface area contributed by atoms with Crippen LogP contribution in [0.25, 0.3) is 0 Å². The van der Waals surface area contributed by atoms with Crippen molar-refractivity contribution in [3.8, 4) is 5.75 Å². The summed E-state index contributed by atoms with van der Waals surface area (Å²) in [6.45, 7) is 10.4. The smallest absolute Gasteiger partial charge is 0.226 e. The standard InChI is InChI=1S/C17H26N2O2.ClH/c1-12-9-13(2)11-16(10-12)21-8-5-17(20)19-7-6-18-14(3)15(19)4;/h9-11,14-15,18H,5-8H2,1-4H3;1H. The zero-order valence-electron chi connectivity index (χ0n) is 13.9. The molecule has 1 aromatic rings. The van der Waals surface area contributed by atoms with Crippen LogP contribution in [0.4, 0.5) is 0 Å². The predicted octanol–water partition coefficient (Wildman–Crippen LogP) is 2.70. The average molecular weight is 327 g/mol. The van der Waals surface area contributed by atoms with Crippen LogP contribution in [0.1, 0.15) is 31.4 Å². The molecule has 5 heteroatoms. The van der Waals surface area contributed by atoms with Gasteiger partial charge in [0.05, 0.1) is 13.0 Å². The first-order valence-corrected chi connectivity index (χ1v) is 7.71. The predicted molar refractivity (Wildman–Crippen MR) is 91.9 cm³/mol. The van der Waals surface area contributed by atoms with E-state index < -0.39 is 0 Å². The van der Waals surface area contributed by atoms with Crippen molar-refractivity contribution in [3.63, 3.8) is 0 Å². The molecule has 0 bridgehead atoms. The molecule has 0 spiro atoms. The quantitative estimate of drug-likeness (QED) is 0.925. The molecule has 1 heterocycles. The highest BCUT2D eigenvalue weighted by Gasteiger charge is 2.27. The number of ether oxygens (including phenoxy) is 1. The van der Waals surface area contributed by atoms with E-state index in [-0.39, 0.29) is 24.4 Å². The number of carbonyl (C=O) groups excluding carboxylic acids is 1. The van der Waals surface area contributed by atoms with Crippen LogP contribution in [0.5, 0.6) is 5.75 Å². The van der Waals surface area contributed by atoms with Gasteiger partial charge >= 0.3 is 0 Å². The highest BCUT2D eigenvalue weighted by molar-refractivity contribution is 5.85. The van der Waals surface area contributed by atoms with Gasteiger partial charge in [0, 0.05) is 25.2 Å². The number of nitrogens with one attached hydrogen (secondary N) is 1. The van der Waals surface area contributed by atoms with E-state index >= 15 is 0 Å². The number of nitrogens with zero attached hydrogens (tertiary/aromatic N) is 1. The van der Waals surface area contributed by atoms with Crippen molar-refractivity contribution in [1.82, 2.24) is 10.2 Å². The van der Waals surface area contributed by atoms with Crippen LogP contribution in [0.15, 0.2) is 18.2 Å². The first-order chi connectivity index (χ1) is 9.97. The van der Waals surface area contributed by atoms with Crippen molar-refractivity contribution in [2.24, 2.45) is 0 Å². The van der Waals surface area contributed by atoms with Crippen LogP contribution < -0.4 is 10.1 Å². The summed E-state index contributed by atoms with van der Waals surface area (Å²) in [6.07, 6.45) is 0.435. The minimum Gasteiger partial charge on any atom is -0.493 e. The van der Waals surface area contributed by atoms with Crippen molar-refractivity contribution in [2.45, 2.75) is 46.2 Å². The molecule has 2 unspecified atom stereocenters. The van der Waals surface area contributed by atoms with E-state index in [1.165, 1.54) is 11.1 Å². The van der Waals surface area contributed by atoms with Crippen LogP contribution in [0, 0.1) is 13.8 Å². The van der Waals surface area contributed by atoms with E-state index in [2.05, 4.69) is 39.1 Å². The molecule has 1 amide bonds. The second kappa shape index (κ2) is 8.39. The Morgan fingerprint density at radius 1 is 1.27 bits per heavy atom. The van der Waals surface area contributed by atoms with Crippen LogP contribution in [0.2, 0.25) is 0 Å². The molecular formula is C17H27ClN2O2. The Bertz CT molecular complexity index is 487. The second-order valence-electron chi connectivity index (χ2n) is 5.99. The number of rotatable bonds is 4. The maximum absolute atomic E-state index is 12.3. The molecule has 2 atom stereocenters. The number of aryl methyl sites for hydroxylation is 2. The lowest BCUT2D eigenvalue weighted by atomic mass is 10.1. The van der Waals surface area contributed by atoms with Crippen molar-refractivity contribution in [1.29, 1.82) is 0 Å². The summed E-state index contributed by atoms with van der Waals surface area (Å²) in [6, 6.07) is 6.72. The Morgan fingerprint density at radius 2 is 1.91 bits per heavy atom. The molecule has 4 nitrogen and oxygen atoms in total. The Hall–Kier alpha value is -1.26. The molecule has 22 heavy (non-hydrogen) atoms. The number of piperazine rings is 1. The maximum atomic E-state index is 12.3. The Kier molecular flexibility index (Phi) is 7.17. The van der Waals surface area contributed by atoms with Crippen molar-refractivity contribution < 1.29 is 9.53 Å². The van der Waals surface area contributed by atoms with Gasteiger partial charge in [-0.25, -0.2) is 0 Å². The van der Waals surface area contributed by atoms with Crippen LogP contribution >= 0.6 is 12.4 Å². The van der Waals surface area contributed by atoms with Crippen LogP contribution in [0.3, 0.4) is 0 Å². The van der Waals surface area contributed by atoms with Gasteiger partial charge in [0.15, 0.2) is 0 Å². The van der Waals surface area contributed by atoms with Gasteiger partial charge in [0.2, 0.25) is 5.91 Å². The fourth-order valence-corrected chi connectivity index (χ4v) is 2.82. The largest absolute Gasteiger partial charge is 0.493 e. The average Bonchev–Trinajstić information content (AvgIpc) is 2.40. The highest BCUT2D eigenvalue weighted by Crippen LogP contribution is 2.17. The van der Waals surface area contributed by atoms with Crippen molar-refractivity contribution in [3.05, 3.63) is 29.3 Å². The van der Waals surface area contributed by atoms with Gasteiger partial charge in [-0.05, 0) is 51.0 Å². The number of benzene rings is 1. The van der Waals surface area contributed by atoms with Gasteiger partial charge < -0.3 is 15.0 Å². The number of hydrogen-bond donors (Lipinski definition) is 1. The molecule has 0 aliphatic carbocycles. The zero-order chi connectivity index (χ0) is 15.4. The topological polar surface area (TPSA) is 41.6 Å². The summed E-state index contributed by atoms with van der Waals surface area (Å²) >= 11 is 0. The molecule has 2 rings (SSSR count). The molecule has 1 N–H and O–H groups in total. The summed E-state index contributed by atoms with van der Waals surface area (Å²) in [4.78, 5) is 14.3. The number of halogens is 1. The SMILES string of the molecule is Cc1cc(C)cc(OCCC(=O)N2CCNC(C)C2C)c1.Cl. The van der Waals surface area contributed by atoms with Gasteiger partial charge in [-0.3, -0.25) is 4.79 Å². The molecule has 1 aliphatic rings. The minimum atomic E-state index is 0. The van der Waals surface area contributed by atoms with Gasteiger partial charge in [-0.15, -0.1) is 12.4 Å². The number of carbonyl (C=O) groups is 1. The molecule has 124 valence electrons. The molecule has 1 saturated heterocycles. The molecule has 1 fully saturated rings. The minimum absolute atomic E-state index is 0. The summed E-state index contributed by atoms with van der Waals surface area (Å²) in [5.74, 6) is 1.03. The summed E-state index contributed by atoms with van der Waals surface area (Å²) in [5.41, 5.74) is 2.36. The zero-order valence-corrected chi connectivity index (χ0v) is 14.7. The number of amides is 1. The molecule has 0 saturated carbocycles. The number of hydrogen-bond acceptors (Lipinski definition) is 3. The van der Waals surface area contributed by atoms with Crippen LogP contribution in [-0.2, 0) is 4.79 Å². The van der Waals surface area contributed by atoms with E-state index in [4.69, 9.17) is 4.74 Å². The molecule has 1 aromatic carbocycles. The fraction of sp³-hybridized carbons (Fsp3) is 0.588. The van der Waals surface area contributed by atoms with E-state index in [9.17, 15) is 4.79 Å². The summed E-state index contributed by atoms with van der Waals surface area (Å²) in [5, 5.41) is 3.39. The lowest BCUT2D eigenvalue weighted by Gasteiger charge is -2.38. The Morgan fingerprint density at radius 3 is 2.55 bits per heavy atom. The van der Waals surface area contributed by atoms with Gasteiger partial charge in [-0.2, -0.15) is 0 Å². The Labute approximate surface area is 139 Å². The molecular weight excluding hydrogens is 300 g/mol. The van der Waals surface area contributed by atoms with Crippen LogP contribution in [-0.4, -0.2) is 42.6 Å². The van der Waals surface area contributed by atoms with E-state index in [0.717, 1.165) is 18.8 Å². The normalized spacial score (nSPS) is 21.2. The first kappa shape index (κ1) is 18.8. The Balaban J connectivity index is 0.00000242. The van der Waals surface area contributed by atoms with E-state index in [1.807, 2.05) is 17.0 Å². The molecule has 0 radical (unpaired) electrons. The fourth-order valence-electron chi connectivity index (χ4n) is 2.82. The first-order valence-electron chi connectivity index (χ1n) is 7.71. The third-order valence-corrected chi connectivity index (χ3v) is 4.13. The molecule has 0 aromatic heterocycles. The van der Waals surface area contributed by atoms with Gasteiger partial charge in [0.1, 0.15) is 5.75 Å².